The molecule has 1 saturated heterocycles. The van der Waals surface area contributed by atoms with Gasteiger partial charge in [-0.25, -0.2) is 0 Å². The number of carbonyl (C=O) groups excluding carboxylic acids is 1. The van der Waals surface area contributed by atoms with Gasteiger partial charge in [-0.15, -0.1) is 0 Å². The number of hydrogen-bond donors (Lipinski definition) is 3. The SMILES string of the molecule is N#C/C(=C\C1=CCC(N2CCCCC2)C=C1)C(=O)NCC(O)CO. The highest BCUT2D eigenvalue weighted by atomic mass is 16.3. The number of likely N-dealkylation sites (tertiary alicyclic amines) is 1. The molecule has 0 aromatic rings. The molecule has 2 aliphatic rings. The van der Waals surface area contributed by atoms with Crippen molar-refractivity contribution >= 4 is 5.91 Å². The molecule has 0 spiro atoms. The van der Waals surface area contributed by atoms with E-state index < -0.39 is 18.6 Å². The zero-order valence-electron chi connectivity index (χ0n) is 13.8. The number of carbonyl (C=O) groups is 1. The van der Waals surface area contributed by atoms with Crippen LogP contribution in [0.5, 0.6) is 0 Å². The van der Waals surface area contributed by atoms with Gasteiger partial charge in [0.05, 0.1) is 12.7 Å². The maximum atomic E-state index is 11.9. The van der Waals surface area contributed by atoms with Gasteiger partial charge in [-0.1, -0.05) is 24.6 Å². The first kappa shape index (κ1) is 18.4. The van der Waals surface area contributed by atoms with E-state index in [9.17, 15) is 9.90 Å². The fourth-order valence-electron chi connectivity index (χ4n) is 2.94. The lowest BCUT2D eigenvalue weighted by Crippen LogP contribution is -2.38. The first-order chi connectivity index (χ1) is 11.6. The molecule has 0 saturated carbocycles. The summed E-state index contributed by atoms with van der Waals surface area (Å²) in [6.07, 6.45) is 11.4. The number of nitriles is 1. The van der Waals surface area contributed by atoms with Crippen LogP contribution in [0.4, 0.5) is 0 Å². The first-order valence-electron chi connectivity index (χ1n) is 8.45. The molecule has 24 heavy (non-hydrogen) atoms. The number of allylic oxidation sites excluding steroid dienone is 3. The number of nitrogens with one attached hydrogen (secondary N) is 1. The molecule has 0 radical (unpaired) electrons. The molecule has 3 N–H and O–H groups in total. The zero-order valence-corrected chi connectivity index (χ0v) is 13.8. The first-order valence-corrected chi connectivity index (χ1v) is 8.45. The summed E-state index contributed by atoms with van der Waals surface area (Å²) in [5.74, 6) is -0.544. The highest BCUT2D eigenvalue weighted by Crippen LogP contribution is 2.21. The Morgan fingerprint density at radius 3 is 2.79 bits per heavy atom. The summed E-state index contributed by atoms with van der Waals surface area (Å²) in [6.45, 7) is 1.75. The molecule has 130 valence electrons. The van der Waals surface area contributed by atoms with E-state index in [1.807, 2.05) is 18.2 Å². The lowest BCUT2D eigenvalue weighted by Gasteiger charge is -2.33. The fraction of sp³-hybridized carbons (Fsp3) is 0.556. The molecule has 1 fully saturated rings. The van der Waals surface area contributed by atoms with Crippen molar-refractivity contribution in [1.82, 2.24) is 10.2 Å². The van der Waals surface area contributed by atoms with Crippen LogP contribution in [0, 0.1) is 11.3 Å². The second-order valence-corrected chi connectivity index (χ2v) is 6.18. The van der Waals surface area contributed by atoms with Crippen molar-refractivity contribution in [2.45, 2.75) is 37.8 Å². The standard InChI is InChI=1S/C18H25N3O3/c19-11-15(18(24)20-12-17(23)13-22)10-14-4-6-16(7-5-14)21-8-2-1-3-9-21/h4-6,10,16-17,22-23H,1-3,7-9,12-13H2,(H,20,24)/b15-10+. The Balaban J connectivity index is 1.92. The summed E-state index contributed by atoms with van der Waals surface area (Å²) in [4.78, 5) is 14.4. The number of piperidine rings is 1. The number of hydrogen-bond acceptors (Lipinski definition) is 5. The van der Waals surface area contributed by atoms with Crippen LogP contribution < -0.4 is 5.32 Å². The third-order valence-corrected chi connectivity index (χ3v) is 4.35. The summed E-state index contributed by atoms with van der Waals surface area (Å²) in [5, 5.41) is 29.6. The Hall–Kier alpha value is -1.94. The molecule has 6 nitrogen and oxygen atoms in total. The molecular weight excluding hydrogens is 306 g/mol. The minimum absolute atomic E-state index is 0.00698. The smallest absolute Gasteiger partial charge is 0.262 e. The molecule has 2 rings (SSSR count). The second kappa shape index (κ2) is 9.38. The van der Waals surface area contributed by atoms with Crippen LogP contribution in [-0.2, 0) is 4.79 Å². The van der Waals surface area contributed by atoms with E-state index in [-0.39, 0.29) is 12.1 Å². The number of aliphatic hydroxyl groups is 2. The number of nitrogens with zero attached hydrogens (tertiary/aromatic N) is 2. The van der Waals surface area contributed by atoms with Crippen molar-refractivity contribution in [2.24, 2.45) is 0 Å². The lowest BCUT2D eigenvalue weighted by molar-refractivity contribution is -0.117. The van der Waals surface area contributed by atoms with E-state index in [1.54, 1.807) is 6.08 Å². The normalized spacial score (nSPS) is 23.3. The van der Waals surface area contributed by atoms with Gasteiger partial charge in [-0.2, -0.15) is 5.26 Å². The van der Waals surface area contributed by atoms with Gasteiger partial charge in [0.25, 0.3) is 5.91 Å². The summed E-state index contributed by atoms with van der Waals surface area (Å²) in [7, 11) is 0. The van der Waals surface area contributed by atoms with Crippen LogP contribution in [0.3, 0.4) is 0 Å². The largest absolute Gasteiger partial charge is 0.394 e. The minimum atomic E-state index is -1.02. The van der Waals surface area contributed by atoms with E-state index >= 15 is 0 Å². The van der Waals surface area contributed by atoms with Gasteiger partial charge >= 0.3 is 0 Å². The van der Waals surface area contributed by atoms with Crippen LogP contribution in [0.25, 0.3) is 0 Å². The number of aliphatic hydroxyl groups excluding tert-OH is 2. The average Bonchev–Trinajstić information content (AvgIpc) is 2.65. The quantitative estimate of drug-likeness (QED) is 0.490. The molecule has 1 aliphatic carbocycles. The monoisotopic (exact) mass is 331 g/mol. The average molecular weight is 331 g/mol. The zero-order chi connectivity index (χ0) is 17.4. The molecule has 2 atom stereocenters. The molecule has 6 heteroatoms. The van der Waals surface area contributed by atoms with E-state index in [0.717, 1.165) is 25.1 Å². The van der Waals surface area contributed by atoms with E-state index in [0.29, 0.717) is 6.04 Å². The Morgan fingerprint density at radius 1 is 1.46 bits per heavy atom. The van der Waals surface area contributed by atoms with Crippen LogP contribution in [0.2, 0.25) is 0 Å². The topological polar surface area (TPSA) is 96.6 Å². The third-order valence-electron chi connectivity index (χ3n) is 4.35. The summed E-state index contributed by atoms with van der Waals surface area (Å²) >= 11 is 0. The molecule has 1 heterocycles. The van der Waals surface area contributed by atoms with Gasteiger partial charge in [0, 0.05) is 12.6 Å². The molecule has 0 aromatic heterocycles. The van der Waals surface area contributed by atoms with Crippen molar-refractivity contribution in [3.63, 3.8) is 0 Å². The molecule has 2 unspecified atom stereocenters. The number of amides is 1. The molecule has 1 amide bonds. The van der Waals surface area contributed by atoms with Gasteiger partial charge in [0.1, 0.15) is 11.6 Å². The van der Waals surface area contributed by atoms with E-state index in [1.165, 1.54) is 19.3 Å². The highest BCUT2D eigenvalue weighted by molar-refractivity contribution is 5.97. The van der Waals surface area contributed by atoms with Crippen molar-refractivity contribution in [2.75, 3.05) is 26.2 Å². The van der Waals surface area contributed by atoms with Gasteiger partial charge in [-0.05, 0) is 44.0 Å². The summed E-state index contributed by atoms with van der Waals surface area (Å²) in [5.41, 5.74) is 0.838. The molecule has 0 bridgehead atoms. The van der Waals surface area contributed by atoms with E-state index in [2.05, 4.69) is 16.3 Å². The van der Waals surface area contributed by atoms with Gasteiger partial charge in [-0.3, -0.25) is 9.69 Å². The van der Waals surface area contributed by atoms with Gasteiger partial charge < -0.3 is 15.5 Å². The van der Waals surface area contributed by atoms with Crippen molar-refractivity contribution in [3.05, 3.63) is 35.5 Å². The van der Waals surface area contributed by atoms with Gasteiger partial charge in [0.2, 0.25) is 0 Å². The Bertz CT molecular complexity index is 569. The Labute approximate surface area is 142 Å². The molecule has 1 aliphatic heterocycles. The van der Waals surface area contributed by atoms with E-state index in [4.69, 9.17) is 10.4 Å². The predicted octanol–water partition coefficient (Wildman–Crippen LogP) is 0.647. The van der Waals surface area contributed by atoms with Crippen LogP contribution >= 0.6 is 0 Å². The van der Waals surface area contributed by atoms with Crippen LogP contribution in [0.15, 0.2) is 35.5 Å². The Morgan fingerprint density at radius 2 is 2.21 bits per heavy atom. The molecule has 0 aromatic carbocycles. The second-order valence-electron chi connectivity index (χ2n) is 6.18. The molecular formula is C18H25N3O3. The maximum absolute atomic E-state index is 11.9. The van der Waals surface area contributed by atoms with Gasteiger partial charge in [0.15, 0.2) is 0 Å². The predicted molar refractivity (Wildman–Crippen MR) is 90.9 cm³/mol. The van der Waals surface area contributed by atoms with Crippen molar-refractivity contribution in [1.29, 1.82) is 5.26 Å². The summed E-state index contributed by atoms with van der Waals surface area (Å²) in [6, 6.07) is 2.29. The summed E-state index contributed by atoms with van der Waals surface area (Å²) < 4.78 is 0. The lowest BCUT2D eigenvalue weighted by atomic mass is 9.98. The van der Waals surface area contributed by atoms with Crippen molar-refractivity contribution < 1.29 is 15.0 Å². The van der Waals surface area contributed by atoms with Crippen molar-refractivity contribution in [3.8, 4) is 6.07 Å². The highest BCUT2D eigenvalue weighted by Gasteiger charge is 2.19. The fourth-order valence-corrected chi connectivity index (χ4v) is 2.94. The Kier molecular flexibility index (Phi) is 7.19. The maximum Gasteiger partial charge on any atom is 0.262 e. The van der Waals surface area contributed by atoms with Crippen LogP contribution in [-0.4, -0.2) is 59.4 Å². The van der Waals surface area contributed by atoms with Crippen LogP contribution in [0.1, 0.15) is 25.7 Å². The third kappa shape index (κ3) is 5.31. The number of rotatable bonds is 6. The minimum Gasteiger partial charge on any atom is -0.394 e.